The van der Waals surface area contributed by atoms with Crippen molar-refractivity contribution < 1.29 is 18.8 Å². The number of para-hydroxylation sites is 1. The molecule has 132 valence electrons. The van der Waals surface area contributed by atoms with Gasteiger partial charge in [-0.05, 0) is 18.6 Å². The monoisotopic (exact) mass is 372 g/mol. The predicted octanol–water partition coefficient (Wildman–Crippen LogP) is 2.76. The SMILES string of the molecule is C[C@@]12S[C@@](c3ccccc3)(NC1=O)[C@]1([N+](=O)[O-])Oc3c(F)cccc3[C@H]21. The topological polar surface area (TPSA) is 81.5 Å². The van der Waals surface area contributed by atoms with Crippen molar-refractivity contribution in [2.75, 3.05) is 0 Å². The number of nitro groups is 1. The zero-order valence-electron chi connectivity index (χ0n) is 13.6. The van der Waals surface area contributed by atoms with Gasteiger partial charge in [0.1, 0.15) is 10.7 Å². The lowest BCUT2D eigenvalue weighted by atomic mass is 9.72. The molecule has 2 saturated heterocycles. The molecule has 2 bridgehead atoms. The number of benzene rings is 2. The summed E-state index contributed by atoms with van der Waals surface area (Å²) in [6.07, 6.45) is 0. The van der Waals surface area contributed by atoms with Crippen molar-refractivity contribution in [1.82, 2.24) is 5.32 Å². The van der Waals surface area contributed by atoms with Gasteiger partial charge in [0.25, 0.3) is 0 Å². The third-order valence-electron chi connectivity index (χ3n) is 5.57. The third kappa shape index (κ3) is 1.45. The summed E-state index contributed by atoms with van der Waals surface area (Å²) >= 11 is 1.18. The molecule has 5 rings (SSSR count). The fraction of sp³-hybridized carbons (Fsp3) is 0.278. The van der Waals surface area contributed by atoms with Crippen molar-refractivity contribution in [2.45, 2.75) is 28.2 Å². The van der Waals surface area contributed by atoms with Crippen LogP contribution in [0.2, 0.25) is 0 Å². The van der Waals surface area contributed by atoms with E-state index in [-0.39, 0.29) is 11.7 Å². The molecule has 0 saturated carbocycles. The molecule has 0 spiro atoms. The molecule has 4 atom stereocenters. The second kappa shape index (κ2) is 4.56. The molecule has 3 aliphatic heterocycles. The number of rotatable bonds is 2. The maximum absolute atomic E-state index is 14.4. The number of nitrogens with zero attached hydrogens (tertiary/aromatic N) is 1. The summed E-state index contributed by atoms with van der Waals surface area (Å²) in [5.41, 5.74) is -1.11. The van der Waals surface area contributed by atoms with Gasteiger partial charge in [-0.25, -0.2) is 4.39 Å². The number of amides is 1. The lowest BCUT2D eigenvalue weighted by molar-refractivity contribution is -0.627. The van der Waals surface area contributed by atoms with Crippen LogP contribution in [0.4, 0.5) is 4.39 Å². The van der Waals surface area contributed by atoms with Crippen LogP contribution >= 0.6 is 11.8 Å². The first-order chi connectivity index (χ1) is 12.4. The van der Waals surface area contributed by atoms with Crippen molar-refractivity contribution in [3.63, 3.8) is 0 Å². The van der Waals surface area contributed by atoms with Gasteiger partial charge in [-0.3, -0.25) is 14.9 Å². The maximum Gasteiger partial charge on any atom is 0.408 e. The van der Waals surface area contributed by atoms with E-state index in [4.69, 9.17) is 4.74 Å². The fourth-order valence-corrected chi connectivity index (χ4v) is 6.50. The van der Waals surface area contributed by atoms with Gasteiger partial charge in [0.15, 0.2) is 11.6 Å². The molecule has 3 aliphatic rings. The number of piperidine rings is 1. The van der Waals surface area contributed by atoms with E-state index in [2.05, 4.69) is 5.32 Å². The zero-order chi connectivity index (χ0) is 18.3. The molecule has 26 heavy (non-hydrogen) atoms. The van der Waals surface area contributed by atoms with Gasteiger partial charge in [0.05, 0.1) is 4.92 Å². The van der Waals surface area contributed by atoms with Gasteiger partial charge >= 0.3 is 5.72 Å². The number of carbonyl (C=O) groups excluding carboxylic acids is 1. The van der Waals surface area contributed by atoms with Crippen molar-refractivity contribution in [1.29, 1.82) is 0 Å². The first kappa shape index (κ1) is 15.6. The average Bonchev–Trinajstić information content (AvgIpc) is 3.19. The highest BCUT2D eigenvalue weighted by Gasteiger charge is 2.89. The Bertz CT molecular complexity index is 986. The largest absolute Gasteiger partial charge is 0.421 e. The van der Waals surface area contributed by atoms with Crippen LogP contribution < -0.4 is 10.1 Å². The average molecular weight is 372 g/mol. The Balaban J connectivity index is 1.86. The summed E-state index contributed by atoms with van der Waals surface area (Å²) in [5, 5.41) is 15.2. The van der Waals surface area contributed by atoms with Crippen molar-refractivity contribution in [3.05, 3.63) is 75.6 Å². The molecular weight excluding hydrogens is 359 g/mol. The summed E-state index contributed by atoms with van der Waals surface area (Å²) in [4.78, 5) is 23.3. The van der Waals surface area contributed by atoms with E-state index < -0.39 is 32.0 Å². The third-order valence-corrected chi connectivity index (χ3v) is 7.35. The quantitative estimate of drug-likeness (QED) is 0.648. The molecule has 2 aromatic rings. The van der Waals surface area contributed by atoms with Crippen LogP contribution in [-0.4, -0.2) is 21.3 Å². The van der Waals surface area contributed by atoms with Gasteiger partial charge in [0.2, 0.25) is 10.8 Å². The van der Waals surface area contributed by atoms with Crippen molar-refractivity contribution >= 4 is 17.7 Å². The number of hydrogen-bond donors (Lipinski definition) is 1. The van der Waals surface area contributed by atoms with Crippen molar-refractivity contribution in [2.24, 2.45) is 0 Å². The molecular formula is C18H13FN2O4S. The van der Waals surface area contributed by atoms with E-state index in [0.717, 1.165) is 0 Å². The molecule has 2 fully saturated rings. The normalized spacial score (nSPS) is 36.2. The molecule has 6 nitrogen and oxygen atoms in total. The number of ether oxygens (including phenoxy) is 1. The van der Waals surface area contributed by atoms with Crippen LogP contribution in [0.15, 0.2) is 48.5 Å². The lowest BCUT2D eigenvalue weighted by Gasteiger charge is -2.38. The Hall–Kier alpha value is -2.61. The first-order valence-corrected chi connectivity index (χ1v) is 8.89. The Morgan fingerprint density at radius 2 is 1.96 bits per heavy atom. The maximum atomic E-state index is 14.4. The molecule has 2 aromatic carbocycles. The molecule has 0 unspecified atom stereocenters. The van der Waals surface area contributed by atoms with Crippen LogP contribution in [0.25, 0.3) is 0 Å². The highest BCUT2D eigenvalue weighted by molar-refractivity contribution is 8.03. The summed E-state index contributed by atoms with van der Waals surface area (Å²) < 4.78 is 19.1. The zero-order valence-corrected chi connectivity index (χ0v) is 14.4. The fourth-order valence-electron chi connectivity index (χ4n) is 4.54. The number of fused-ring (bicyclic) bond motifs is 7. The minimum atomic E-state index is -2.02. The molecule has 1 amide bonds. The van der Waals surface area contributed by atoms with E-state index in [0.29, 0.717) is 11.1 Å². The summed E-state index contributed by atoms with van der Waals surface area (Å²) in [5.74, 6) is -2.02. The van der Waals surface area contributed by atoms with Crippen LogP contribution in [0.1, 0.15) is 24.0 Å². The summed E-state index contributed by atoms with van der Waals surface area (Å²) in [6, 6.07) is 13.0. The molecule has 3 heterocycles. The second-order valence-corrected chi connectivity index (χ2v) is 8.52. The van der Waals surface area contributed by atoms with Crippen LogP contribution in [0.3, 0.4) is 0 Å². The number of hydrogen-bond acceptors (Lipinski definition) is 5. The molecule has 0 radical (unpaired) electrons. The van der Waals surface area contributed by atoms with Crippen LogP contribution in [0, 0.1) is 15.9 Å². The highest BCUT2D eigenvalue weighted by Crippen LogP contribution is 2.74. The van der Waals surface area contributed by atoms with E-state index in [1.54, 1.807) is 43.3 Å². The van der Waals surface area contributed by atoms with E-state index >= 15 is 0 Å². The predicted molar refractivity (Wildman–Crippen MR) is 91.8 cm³/mol. The van der Waals surface area contributed by atoms with Gasteiger partial charge in [0, 0.05) is 5.56 Å². The minimum Gasteiger partial charge on any atom is -0.421 e. The first-order valence-electron chi connectivity index (χ1n) is 8.07. The number of carbonyl (C=O) groups is 1. The van der Waals surface area contributed by atoms with Gasteiger partial charge in [-0.1, -0.05) is 54.2 Å². The van der Waals surface area contributed by atoms with Crippen molar-refractivity contribution in [3.8, 4) is 5.75 Å². The number of nitrogens with one attached hydrogen (secondary N) is 1. The van der Waals surface area contributed by atoms with Gasteiger partial charge in [-0.15, -0.1) is 0 Å². The second-order valence-electron chi connectivity index (χ2n) is 6.86. The Morgan fingerprint density at radius 1 is 1.23 bits per heavy atom. The highest BCUT2D eigenvalue weighted by atomic mass is 32.2. The van der Waals surface area contributed by atoms with E-state index in [1.165, 1.54) is 23.9 Å². The number of thioether (sulfide) groups is 1. The van der Waals surface area contributed by atoms with E-state index in [9.17, 15) is 19.3 Å². The van der Waals surface area contributed by atoms with Gasteiger partial charge in [-0.2, -0.15) is 0 Å². The Labute approximate surface area is 151 Å². The minimum absolute atomic E-state index is 0.141. The van der Waals surface area contributed by atoms with Crippen LogP contribution in [-0.2, 0) is 9.67 Å². The standard InChI is InChI=1S/C18H13FN2O4S/c1-16-14-11-8-5-9-12(19)13(11)25-18(14,21(23)24)17(26-16,20-15(16)22)10-6-3-2-4-7-10/h2-9,14H,1H3,(H,20,22)/t14-,16+,17-,18-/m1/s1. The lowest BCUT2D eigenvalue weighted by Crippen LogP contribution is -2.68. The summed E-state index contributed by atoms with van der Waals surface area (Å²) in [7, 11) is 0. The Kier molecular flexibility index (Phi) is 2.74. The number of halogens is 1. The summed E-state index contributed by atoms with van der Waals surface area (Å²) in [6.45, 7) is 1.66. The molecule has 1 N–H and O–H groups in total. The van der Waals surface area contributed by atoms with Crippen LogP contribution in [0.5, 0.6) is 5.75 Å². The van der Waals surface area contributed by atoms with Gasteiger partial charge < -0.3 is 10.1 Å². The van der Waals surface area contributed by atoms with E-state index in [1.807, 2.05) is 0 Å². The smallest absolute Gasteiger partial charge is 0.408 e. The molecule has 8 heteroatoms. The molecule has 0 aromatic heterocycles. The Morgan fingerprint density at radius 3 is 2.65 bits per heavy atom. The molecule has 0 aliphatic carbocycles.